The number of amides is 1. The topological polar surface area (TPSA) is 190 Å². The highest BCUT2D eigenvalue weighted by atomic mass is 32.2. The second-order valence-corrected chi connectivity index (χ2v) is 16.9. The van der Waals surface area contributed by atoms with E-state index in [0.29, 0.717) is 12.8 Å². The number of ether oxygens (including phenoxy) is 5. The molecule has 0 aromatic heterocycles. The number of hydroxylamine groups is 1. The minimum atomic E-state index is -4.01. The molecule has 2 saturated carbocycles. The van der Waals surface area contributed by atoms with Crippen LogP contribution in [0.1, 0.15) is 79.7 Å². The molecule has 1 aromatic carbocycles. The number of nitrogens with zero attached hydrogens (tertiary/aromatic N) is 1. The third-order valence-corrected chi connectivity index (χ3v) is 13.4. The lowest BCUT2D eigenvalue weighted by Crippen LogP contribution is -2.63. The van der Waals surface area contributed by atoms with E-state index in [2.05, 4.69) is 19.3 Å². The molecule has 4 aliphatic rings. The summed E-state index contributed by atoms with van der Waals surface area (Å²) in [5.74, 6) is -4.23. The van der Waals surface area contributed by atoms with Gasteiger partial charge in [-0.2, -0.15) is 5.48 Å². The predicted octanol–water partition coefficient (Wildman–Crippen LogP) is 2.60. The summed E-state index contributed by atoms with van der Waals surface area (Å²) >= 11 is 0. The molecule has 2 aliphatic heterocycles. The van der Waals surface area contributed by atoms with Crippen molar-refractivity contribution in [2.75, 3.05) is 12.4 Å². The van der Waals surface area contributed by atoms with E-state index in [1.165, 1.54) is 6.92 Å². The van der Waals surface area contributed by atoms with Crippen LogP contribution in [0.15, 0.2) is 30.3 Å². The van der Waals surface area contributed by atoms with Crippen LogP contribution in [0, 0.1) is 22.7 Å². The lowest BCUT2D eigenvalue weighted by molar-refractivity contribution is -0.255. The fraction of sp³-hybridized carbons (Fsp3) is 0.694. The summed E-state index contributed by atoms with van der Waals surface area (Å²) in [4.78, 5) is 69.3. The molecule has 1 N–H and O–H groups in total. The fourth-order valence-electron chi connectivity index (χ4n) is 8.93. The van der Waals surface area contributed by atoms with Crippen molar-refractivity contribution in [1.29, 1.82) is 0 Å². The zero-order valence-electron chi connectivity index (χ0n) is 30.7. The number of hydrogen-bond acceptors (Lipinski definition) is 14. The summed E-state index contributed by atoms with van der Waals surface area (Å²) in [7, 11) is -4.01. The molecule has 288 valence electrons. The Hall–Kier alpha value is -3.60. The van der Waals surface area contributed by atoms with E-state index < -0.39 is 100 Å². The Kier molecular flexibility index (Phi) is 11.7. The molecule has 5 rings (SSSR count). The molecular formula is C36H50N2O13S. The molecule has 16 heteroatoms. The van der Waals surface area contributed by atoms with Crippen LogP contribution in [0.4, 0.5) is 0 Å². The van der Waals surface area contributed by atoms with Gasteiger partial charge in [-0.3, -0.25) is 28.8 Å². The average Bonchev–Trinajstić information content (AvgIpc) is 3.53. The molecule has 1 amide bonds. The Labute approximate surface area is 304 Å². The lowest BCUT2D eigenvalue weighted by atomic mass is 9.69. The molecule has 1 spiro atoms. The summed E-state index contributed by atoms with van der Waals surface area (Å²) < 4.78 is 57.2. The quantitative estimate of drug-likeness (QED) is 0.176. The highest BCUT2D eigenvalue weighted by Gasteiger charge is 2.72. The zero-order valence-corrected chi connectivity index (χ0v) is 31.5. The second-order valence-electron chi connectivity index (χ2n) is 15.1. The Morgan fingerprint density at radius 3 is 2.08 bits per heavy atom. The molecule has 2 bridgehead atoms. The monoisotopic (exact) mass is 750 g/mol. The third kappa shape index (κ3) is 7.85. The SMILES string of the molecule is CC(=O)OC[C@H]1O[C@@H](C[C@@H](C)[C@H](NOCc2ccccc2)C(=O)N2[C@@H]3C[C@H]4CC[C@]3(CS2(=O)=O)C4(C)C)[C@H](OC(C)=O)[C@@H](OC(C)=O)[C@@H]1OC(C)=O. The molecule has 10 atom stereocenters. The number of esters is 4. The normalized spacial score (nSPS) is 32.3. The van der Waals surface area contributed by atoms with E-state index in [4.69, 9.17) is 28.5 Å². The van der Waals surface area contributed by atoms with Gasteiger partial charge in [-0.15, -0.1) is 0 Å². The van der Waals surface area contributed by atoms with Crippen LogP contribution in [0.2, 0.25) is 0 Å². The van der Waals surface area contributed by atoms with Crippen LogP contribution in [0.25, 0.3) is 0 Å². The van der Waals surface area contributed by atoms with Crippen molar-refractivity contribution in [3.63, 3.8) is 0 Å². The number of hydrogen-bond donors (Lipinski definition) is 1. The van der Waals surface area contributed by atoms with Gasteiger partial charge < -0.3 is 23.7 Å². The Morgan fingerprint density at radius 1 is 0.904 bits per heavy atom. The van der Waals surface area contributed by atoms with Crippen molar-refractivity contribution in [2.45, 2.75) is 123 Å². The van der Waals surface area contributed by atoms with Gasteiger partial charge in [0.15, 0.2) is 18.3 Å². The van der Waals surface area contributed by atoms with Gasteiger partial charge in [-0.05, 0) is 48.5 Å². The van der Waals surface area contributed by atoms with Crippen molar-refractivity contribution in [1.82, 2.24) is 9.79 Å². The van der Waals surface area contributed by atoms with Gasteiger partial charge in [0.25, 0.3) is 5.91 Å². The molecular weight excluding hydrogens is 700 g/mol. The number of sulfonamides is 1. The van der Waals surface area contributed by atoms with E-state index in [0.717, 1.165) is 37.1 Å². The average molecular weight is 751 g/mol. The number of benzene rings is 1. The summed E-state index contributed by atoms with van der Waals surface area (Å²) in [5, 5.41) is 0. The minimum absolute atomic E-state index is 0.0611. The fourth-order valence-corrected chi connectivity index (χ4v) is 11.5. The molecule has 4 fully saturated rings. The van der Waals surface area contributed by atoms with Crippen molar-refractivity contribution in [2.24, 2.45) is 22.7 Å². The number of rotatable bonds is 13. The molecule has 2 aliphatic carbocycles. The molecule has 52 heavy (non-hydrogen) atoms. The first-order chi connectivity index (χ1) is 24.4. The minimum Gasteiger partial charge on any atom is -0.463 e. The van der Waals surface area contributed by atoms with Crippen LogP contribution in [0.3, 0.4) is 0 Å². The summed E-state index contributed by atoms with van der Waals surface area (Å²) in [6, 6.07) is 7.46. The Bertz CT molecular complexity index is 1640. The summed E-state index contributed by atoms with van der Waals surface area (Å²) in [5.41, 5.74) is 2.82. The van der Waals surface area contributed by atoms with Crippen molar-refractivity contribution >= 4 is 39.8 Å². The van der Waals surface area contributed by atoms with Crippen LogP contribution in [-0.2, 0) is 69.1 Å². The number of carbonyl (C=O) groups excluding carboxylic acids is 5. The highest BCUT2D eigenvalue weighted by molar-refractivity contribution is 7.90. The molecule has 0 radical (unpaired) electrons. The van der Waals surface area contributed by atoms with Gasteiger partial charge >= 0.3 is 23.9 Å². The van der Waals surface area contributed by atoms with E-state index in [1.54, 1.807) is 6.92 Å². The van der Waals surface area contributed by atoms with Crippen molar-refractivity contribution in [3.05, 3.63) is 35.9 Å². The lowest BCUT2D eigenvalue weighted by Gasteiger charge is -2.45. The maximum atomic E-state index is 14.7. The first-order valence-corrected chi connectivity index (χ1v) is 19.3. The van der Waals surface area contributed by atoms with Gasteiger partial charge in [0.05, 0.1) is 24.5 Å². The largest absolute Gasteiger partial charge is 0.463 e. The van der Waals surface area contributed by atoms with Crippen molar-refractivity contribution < 1.29 is 60.9 Å². The first kappa shape index (κ1) is 39.6. The molecule has 2 saturated heterocycles. The van der Waals surface area contributed by atoms with Gasteiger partial charge in [-0.1, -0.05) is 51.1 Å². The van der Waals surface area contributed by atoms with E-state index >= 15 is 0 Å². The Balaban J connectivity index is 1.48. The van der Waals surface area contributed by atoms with Gasteiger partial charge in [-0.25, -0.2) is 12.7 Å². The smallest absolute Gasteiger partial charge is 0.303 e. The predicted molar refractivity (Wildman–Crippen MR) is 182 cm³/mol. The van der Waals surface area contributed by atoms with Crippen LogP contribution in [0.5, 0.6) is 0 Å². The molecule has 0 unspecified atom stereocenters. The van der Waals surface area contributed by atoms with Crippen molar-refractivity contribution in [3.8, 4) is 0 Å². The Morgan fingerprint density at radius 2 is 1.50 bits per heavy atom. The van der Waals surface area contributed by atoms with Crippen LogP contribution >= 0.6 is 0 Å². The molecule has 2 heterocycles. The zero-order chi connectivity index (χ0) is 38.2. The van der Waals surface area contributed by atoms with Gasteiger partial charge in [0.1, 0.15) is 18.8 Å². The summed E-state index contributed by atoms with van der Waals surface area (Å²) in [6.45, 7) is 10.1. The van der Waals surface area contributed by atoms with E-state index in [-0.39, 0.29) is 30.1 Å². The first-order valence-electron chi connectivity index (χ1n) is 17.7. The highest BCUT2D eigenvalue weighted by Crippen LogP contribution is 2.70. The van der Waals surface area contributed by atoms with E-state index in [9.17, 15) is 32.4 Å². The number of carbonyl (C=O) groups is 5. The number of fused-ring (bicyclic) bond motifs is 1. The van der Waals surface area contributed by atoms with Crippen LogP contribution < -0.4 is 5.48 Å². The maximum Gasteiger partial charge on any atom is 0.303 e. The molecule has 1 aromatic rings. The van der Waals surface area contributed by atoms with Gasteiger partial charge in [0, 0.05) is 33.1 Å². The maximum absolute atomic E-state index is 14.7. The summed E-state index contributed by atoms with van der Waals surface area (Å²) in [6.07, 6.45) is -4.25. The third-order valence-electron chi connectivity index (χ3n) is 11.4. The standard InChI is InChI=1S/C36H50N2O13S/c1-20(15-27-31(48-22(3)40)33(50-24(5)42)32(49-23(4)41)28(51-27)18-46-21(2)39)30(37-47-17-25-11-9-8-10-12-25)34(43)38-29-16-26-13-14-36(29,35(26,6)7)19-52(38,44)45/h8-12,20,26-33,37H,13-19H2,1-7H3/t20-,26-,27+,28-,29-,30+,31+,32-,33-,36-/m1/s1. The van der Waals surface area contributed by atoms with Gasteiger partial charge in [0.2, 0.25) is 10.0 Å². The molecule has 15 nitrogen and oxygen atoms in total. The number of nitrogens with one attached hydrogen (secondary N) is 1. The van der Waals surface area contributed by atoms with Crippen LogP contribution in [-0.4, -0.2) is 97.5 Å². The second kappa shape index (κ2) is 15.4. The van der Waals surface area contributed by atoms with E-state index in [1.807, 2.05) is 30.3 Å².